The highest BCUT2D eigenvalue weighted by atomic mass is 16.6. The van der Waals surface area contributed by atoms with Gasteiger partial charge in [-0.2, -0.15) is 4.98 Å². The van der Waals surface area contributed by atoms with Crippen molar-refractivity contribution in [1.29, 1.82) is 0 Å². The Morgan fingerprint density at radius 1 is 1.20 bits per heavy atom. The molecule has 1 aliphatic heterocycles. The van der Waals surface area contributed by atoms with Crippen LogP contribution in [0.15, 0.2) is 17.1 Å². The molecule has 8 nitrogen and oxygen atoms in total. The van der Waals surface area contributed by atoms with E-state index < -0.39 is 36.8 Å². The molecule has 8 heteroatoms. The lowest BCUT2D eigenvalue weighted by Gasteiger charge is -2.17. The van der Waals surface area contributed by atoms with Crippen molar-refractivity contribution in [2.45, 2.75) is 70.0 Å². The number of anilines is 1. The van der Waals surface area contributed by atoms with Gasteiger partial charge >= 0.3 is 5.69 Å². The Morgan fingerprint density at radius 3 is 2.56 bits per heavy atom. The van der Waals surface area contributed by atoms with Crippen LogP contribution in [0.25, 0.3) is 0 Å². The van der Waals surface area contributed by atoms with E-state index in [1.165, 1.54) is 31.9 Å². The molecule has 1 aromatic rings. The van der Waals surface area contributed by atoms with Gasteiger partial charge in [-0.15, -0.1) is 0 Å². The van der Waals surface area contributed by atoms with Gasteiger partial charge in [0, 0.05) is 12.7 Å². The van der Waals surface area contributed by atoms with Crippen LogP contribution in [0.2, 0.25) is 0 Å². The molecule has 0 radical (unpaired) electrons. The van der Waals surface area contributed by atoms with E-state index in [4.69, 9.17) is 9.84 Å². The van der Waals surface area contributed by atoms with Crippen LogP contribution in [0.5, 0.6) is 0 Å². The van der Waals surface area contributed by atoms with Gasteiger partial charge in [-0.25, -0.2) is 4.79 Å². The van der Waals surface area contributed by atoms with Gasteiger partial charge in [-0.1, -0.05) is 39.0 Å². The molecular weight excluding hydrogens is 326 g/mol. The summed E-state index contributed by atoms with van der Waals surface area (Å²) in [4.78, 5) is 16.1. The first kappa shape index (κ1) is 19.8. The number of ether oxygens (including phenoxy) is 1. The summed E-state index contributed by atoms with van der Waals surface area (Å²) in [6.45, 7) is 2.50. The highest BCUT2D eigenvalue weighted by Crippen LogP contribution is 2.28. The topological polar surface area (TPSA) is 117 Å². The van der Waals surface area contributed by atoms with E-state index in [1.54, 1.807) is 6.07 Å². The normalized spacial score (nSPS) is 26.1. The maximum absolute atomic E-state index is 12.2. The van der Waals surface area contributed by atoms with Crippen LogP contribution in [-0.4, -0.2) is 56.3 Å². The zero-order valence-electron chi connectivity index (χ0n) is 14.7. The lowest BCUT2D eigenvalue weighted by molar-refractivity contribution is -0.0549. The molecular formula is C17H29N3O5. The van der Waals surface area contributed by atoms with Crippen molar-refractivity contribution in [3.63, 3.8) is 0 Å². The fourth-order valence-corrected chi connectivity index (χ4v) is 2.94. The quantitative estimate of drug-likeness (QED) is 0.455. The lowest BCUT2D eigenvalue weighted by atomic mass is 10.1. The van der Waals surface area contributed by atoms with Crippen LogP contribution in [0.1, 0.15) is 51.7 Å². The molecule has 1 aliphatic rings. The molecule has 142 valence electrons. The van der Waals surface area contributed by atoms with Gasteiger partial charge in [0.05, 0.1) is 6.61 Å². The smallest absolute Gasteiger partial charge is 0.351 e. The first-order valence-corrected chi connectivity index (χ1v) is 9.04. The van der Waals surface area contributed by atoms with Gasteiger partial charge in [0.25, 0.3) is 0 Å². The number of nitrogens with zero attached hydrogens (tertiary/aromatic N) is 2. The summed E-state index contributed by atoms with van der Waals surface area (Å²) in [6.07, 6.45) is 4.10. The molecule has 0 amide bonds. The molecule has 0 unspecified atom stereocenters. The summed E-state index contributed by atoms with van der Waals surface area (Å²) < 4.78 is 6.46. The van der Waals surface area contributed by atoms with Crippen molar-refractivity contribution in [2.24, 2.45) is 0 Å². The highest BCUT2D eigenvalue weighted by Gasteiger charge is 2.43. The molecule has 4 atom stereocenters. The summed E-state index contributed by atoms with van der Waals surface area (Å²) in [5.74, 6) is 0.474. The van der Waals surface area contributed by atoms with Crippen LogP contribution in [-0.2, 0) is 4.74 Å². The van der Waals surface area contributed by atoms with Crippen molar-refractivity contribution in [2.75, 3.05) is 18.5 Å². The number of hydrogen-bond donors (Lipinski definition) is 4. The van der Waals surface area contributed by atoms with Crippen molar-refractivity contribution >= 4 is 5.82 Å². The molecule has 1 saturated heterocycles. The molecule has 0 aromatic carbocycles. The Kier molecular flexibility index (Phi) is 7.83. The summed E-state index contributed by atoms with van der Waals surface area (Å²) in [7, 11) is 0. The summed E-state index contributed by atoms with van der Waals surface area (Å²) >= 11 is 0. The zero-order chi connectivity index (χ0) is 18.2. The first-order valence-electron chi connectivity index (χ1n) is 9.04. The summed E-state index contributed by atoms with van der Waals surface area (Å²) in [5, 5.41) is 32.0. The van der Waals surface area contributed by atoms with E-state index >= 15 is 0 Å². The molecule has 0 aliphatic carbocycles. The Morgan fingerprint density at radius 2 is 1.92 bits per heavy atom. The minimum atomic E-state index is -1.29. The fraction of sp³-hybridized carbons (Fsp3) is 0.765. The predicted molar refractivity (Wildman–Crippen MR) is 93.4 cm³/mol. The van der Waals surface area contributed by atoms with E-state index in [9.17, 15) is 15.0 Å². The van der Waals surface area contributed by atoms with Gasteiger partial charge in [0.2, 0.25) is 0 Å². The Bertz CT molecular complexity index is 580. The number of rotatable bonds is 10. The molecule has 1 fully saturated rings. The standard InChI is InChI=1S/C17H29N3O5/c1-2-3-4-5-6-7-9-18-13-8-10-20(17(24)19-13)16-15(23)14(22)12(11-21)25-16/h8,10,12,14-16,21-23H,2-7,9,11H2,1H3,(H,18,19,24)/t12-,14-,15+,16-/m1/s1. The third kappa shape index (κ3) is 5.24. The summed E-state index contributed by atoms with van der Waals surface area (Å²) in [5.41, 5.74) is -0.581. The van der Waals surface area contributed by atoms with Crippen LogP contribution >= 0.6 is 0 Å². The number of hydrogen-bond acceptors (Lipinski definition) is 7. The average Bonchev–Trinajstić information content (AvgIpc) is 2.89. The largest absolute Gasteiger partial charge is 0.394 e. The van der Waals surface area contributed by atoms with E-state index in [-0.39, 0.29) is 0 Å². The predicted octanol–water partition coefficient (Wildman–Crippen LogP) is 0.627. The molecule has 2 heterocycles. The third-order valence-electron chi connectivity index (χ3n) is 4.46. The zero-order valence-corrected chi connectivity index (χ0v) is 14.7. The minimum Gasteiger partial charge on any atom is -0.394 e. The second kappa shape index (κ2) is 9.86. The van der Waals surface area contributed by atoms with Crippen molar-refractivity contribution in [3.8, 4) is 0 Å². The number of nitrogens with one attached hydrogen (secondary N) is 1. The number of aromatic nitrogens is 2. The first-order chi connectivity index (χ1) is 12.1. The Labute approximate surface area is 147 Å². The van der Waals surface area contributed by atoms with E-state index in [1.807, 2.05) is 0 Å². The van der Waals surface area contributed by atoms with Crippen molar-refractivity contribution in [3.05, 3.63) is 22.7 Å². The number of unbranched alkanes of at least 4 members (excludes halogenated alkanes) is 5. The molecule has 4 N–H and O–H groups in total. The Balaban J connectivity index is 1.85. The van der Waals surface area contributed by atoms with Crippen molar-refractivity contribution < 1.29 is 20.1 Å². The fourth-order valence-electron chi connectivity index (χ4n) is 2.94. The Hall–Kier alpha value is -1.48. The summed E-state index contributed by atoms with van der Waals surface area (Å²) in [6, 6.07) is 1.63. The van der Waals surface area contributed by atoms with E-state index in [2.05, 4.69) is 17.2 Å². The molecule has 2 rings (SSSR count). The molecule has 0 bridgehead atoms. The van der Waals surface area contributed by atoms with E-state index in [0.717, 1.165) is 24.0 Å². The van der Waals surface area contributed by atoms with E-state index in [0.29, 0.717) is 5.82 Å². The van der Waals surface area contributed by atoms with Gasteiger partial charge in [0.1, 0.15) is 24.1 Å². The minimum absolute atomic E-state index is 0.436. The molecule has 0 spiro atoms. The number of aliphatic hydroxyl groups excluding tert-OH is 3. The van der Waals surface area contributed by atoms with Gasteiger partial charge < -0.3 is 25.4 Å². The average molecular weight is 355 g/mol. The highest BCUT2D eigenvalue weighted by molar-refractivity contribution is 5.31. The lowest BCUT2D eigenvalue weighted by Crippen LogP contribution is -2.36. The SMILES string of the molecule is CCCCCCCCNc1ccn([C@@H]2O[C@H](CO)[C@@H](O)[C@@H]2O)c(=O)n1. The molecule has 25 heavy (non-hydrogen) atoms. The van der Waals surface area contributed by atoms with Gasteiger partial charge in [-0.05, 0) is 12.5 Å². The van der Waals surface area contributed by atoms with Gasteiger partial charge in [0.15, 0.2) is 6.23 Å². The van der Waals surface area contributed by atoms with Crippen LogP contribution in [0.3, 0.4) is 0 Å². The second-order valence-electron chi connectivity index (χ2n) is 6.43. The van der Waals surface area contributed by atoms with Crippen molar-refractivity contribution in [1.82, 2.24) is 9.55 Å². The maximum Gasteiger partial charge on any atom is 0.351 e. The number of aliphatic hydroxyl groups is 3. The van der Waals surface area contributed by atoms with Crippen LogP contribution < -0.4 is 11.0 Å². The second-order valence-corrected chi connectivity index (χ2v) is 6.43. The van der Waals surface area contributed by atoms with Crippen LogP contribution in [0.4, 0.5) is 5.82 Å². The maximum atomic E-state index is 12.2. The monoisotopic (exact) mass is 355 g/mol. The van der Waals surface area contributed by atoms with Gasteiger partial charge in [-0.3, -0.25) is 4.57 Å². The van der Waals surface area contributed by atoms with Crippen LogP contribution in [0, 0.1) is 0 Å². The third-order valence-corrected chi connectivity index (χ3v) is 4.46. The molecule has 1 aromatic heterocycles. The molecule has 0 saturated carbocycles.